The lowest BCUT2D eigenvalue weighted by molar-refractivity contribution is -0.384. The Hall–Kier alpha value is -2.94. The lowest BCUT2D eigenvalue weighted by Crippen LogP contribution is -2.43. The van der Waals surface area contributed by atoms with Crippen LogP contribution < -0.4 is 15.5 Å². The molecule has 2 aromatic heterocycles. The van der Waals surface area contributed by atoms with Gasteiger partial charge in [-0.1, -0.05) is 0 Å². The summed E-state index contributed by atoms with van der Waals surface area (Å²) in [5, 5.41) is 16.5. The molecule has 2 aromatic rings. The van der Waals surface area contributed by atoms with Gasteiger partial charge in [-0.15, -0.1) is 0 Å². The highest BCUT2D eigenvalue weighted by Gasteiger charge is 2.15. The van der Waals surface area contributed by atoms with Crippen molar-refractivity contribution in [2.75, 3.05) is 36.4 Å². The van der Waals surface area contributed by atoms with E-state index in [1.54, 1.807) is 12.3 Å². The second-order valence-electron chi connectivity index (χ2n) is 5.12. The Balaban J connectivity index is 1.65. The third-order valence-electron chi connectivity index (χ3n) is 3.59. The van der Waals surface area contributed by atoms with Crippen LogP contribution in [0.15, 0.2) is 30.6 Å². The summed E-state index contributed by atoms with van der Waals surface area (Å²) in [7, 11) is 0. The van der Waals surface area contributed by atoms with Crippen molar-refractivity contribution in [3.63, 3.8) is 0 Å². The molecule has 0 spiro atoms. The minimum absolute atomic E-state index is 0.115. The molecule has 1 amide bonds. The number of hydrogen-bond donors (Lipinski definition) is 3. The van der Waals surface area contributed by atoms with Crippen LogP contribution in [0.3, 0.4) is 0 Å². The lowest BCUT2D eigenvalue weighted by atomic mass is 10.3. The zero-order valence-corrected chi connectivity index (χ0v) is 12.3. The highest BCUT2D eigenvalue weighted by atomic mass is 16.6. The summed E-state index contributed by atoms with van der Waals surface area (Å²) in [6, 6.07) is 4.79. The molecule has 0 saturated carbocycles. The van der Waals surface area contributed by atoms with Crippen molar-refractivity contribution >= 4 is 23.1 Å². The van der Waals surface area contributed by atoms with Crippen LogP contribution in [-0.2, 0) is 0 Å². The van der Waals surface area contributed by atoms with Crippen molar-refractivity contribution in [3.8, 4) is 0 Å². The average Bonchev–Trinajstić information content (AvgIpc) is 3.07. The number of H-pyrrole nitrogens is 1. The van der Waals surface area contributed by atoms with E-state index in [9.17, 15) is 14.9 Å². The number of anilines is 2. The molecule has 1 aliphatic heterocycles. The van der Waals surface area contributed by atoms with Gasteiger partial charge in [-0.25, -0.2) is 4.98 Å². The van der Waals surface area contributed by atoms with Gasteiger partial charge in [-0.2, -0.15) is 0 Å². The molecule has 0 radical (unpaired) electrons. The Morgan fingerprint density at radius 1 is 1.35 bits per heavy atom. The summed E-state index contributed by atoms with van der Waals surface area (Å²) < 4.78 is 0. The van der Waals surface area contributed by atoms with Gasteiger partial charge in [0, 0.05) is 32.2 Å². The molecule has 0 aliphatic carbocycles. The molecule has 1 fully saturated rings. The molecule has 120 valence electrons. The van der Waals surface area contributed by atoms with Gasteiger partial charge in [0.25, 0.3) is 11.6 Å². The number of pyridine rings is 1. The van der Waals surface area contributed by atoms with Gasteiger partial charge in [0.05, 0.1) is 23.0 Å². The van der Waals surface area contributed by atoms with Gasteiger partial charge < -0.3 is 20.5 Å². The number of piperazine rings is 1. The summed E-state index contributed by atoms with van der Waals surface area (Å²) >= 11 is 0. The summed E-state index contributed by atoms with van der Waals surface area (Å²) in [4.78, 5) is 31.1. The van der Waals surface area contributed by atoms with Gasteiger partial charge in [0.1, 0.15) is 11.5 Å². The van der Waals surface area contributed by atoms with E-state index in [2.05, 4.69) is 25.5 Å². The van der Waals surface area contributed by atoms with Crippen LogP contribution >= 0.6 is 0 Å². The van der Waals surface area contributed by atoms with Crippen molar-refractivity contribution < 1.29 is 9.72 Å². The van der Waals surface area contributed by atoms with Gasteiger partial charge in [-0.3, -0.25) is 14.9 Å². The van der Waals surface area contributed by atoms with Crippen molar-refractivity contribution in [1.82, 2.24) is 15.3 Å². The number of aromatic amines is 1. The molecule has 3 rings (SSSR count). The van der Waals surface area contributed by atoms with Gasteiger partial charge in [0.2, 0.25) is 0 Å². The van der Waals surface area contributed by atoms with Crippen molar-refractivity contribution in [2.24, 2.45) is 0 Å². The Morgan fingerprint density at radius 2 is 2.13 bits per heavy atom. The number of nitro groups is 1. The third kappa shape index (κ3) is 3.46. The molecule has 3 N–H and O–H groups in total. The molecule has 3 heterocycles. The first-order valence-corrected chi connectivity index (χ1v) is 7.19. The molecule has 0 aromatic carbocycles. The zero-order chi connectivity index (χ0) is 16.2. The minimum atomic E-state index is -0.562. The molecule has 0 bridgehead atoms. The standard InChI is InChI=1S/C14H16N6O3/c21-14(12-7-11(9-16-12)20(22)23)18-13-2-1-10(8-17-13)19-5-3-15-4-6-19/h1-2,7-9,15-16H,3-6H2,(H,17,18,21). The smallest absolute Gasteiger partial charge is 0.287 e. The Bertz CT molecular complexity index is 706. The monoisotopic (exact) mass is 316 g/mol. The summed E-state index contributed by atoms with van der Waals surface area (Å²) in [6.45, 7) is 3.70. The first kappa shape index (κ1) is 15.0. The molecule has 1 aliphatic rings. The Kier molecular flexibility index (Phi) is 4.20. The SMILES string of the molecule is O=C(Nc1ccc(N2CCNCC2)cn1)c1cc([N+](=O)[O-])c[nH]1. The van der Waals surface area contributed by atoms with E-state index in [-0.39, 0.29) is 11.4 Å². The van der Waals surface area contributed by atoms with Crippen LogP contribution in [0.5, 0.6) is 0 Å². The number of carbonyl (C=O) groups is 1. The zero-order valence-electron chi connectivity index (χ0n) is 12.3. The fourth-order valence-electron chi connectivity index (χ4n) is 2.37. The number of aromatic nitrogens is 2. The number of hydrogen-bond acceptors (Lipinski definition) is 6. The van der Waals surface area contributed by atoms with E-state index in [1.165, 1.54) is 12.3 Å². The molecule has 1 saturated heterocycles. The summed E-state index contributed by atoms with van der Waals surface area (Å²) in [5.41, 5.74) is 0.960. The maximum Gasteiger partial charge on any atom is 0.287 e. The number of nitrogens with zero attached hydrogens (tertiary/aromatic N) is 3. The first-order valence-electron chi connectivity index (χ1n) is 7.19. The van der Waals surface area contributed by atoms with Crippen LogP contribution in [0.25, 0.3) is 0 Å². The fraction of sp³-hybridized carbons (Fsp3) is 0.286. The molecular weight excluding hydrogens is 300 g/mol. The van der Waals surface area contributed by atoms with Gasteiger partial charge in [0.15, 0.2) is 0 Å². The highest BCUT2D eigenvalue weighted by Crippen LogP contribution is 2.17. The fourth-order valence-corrected chi connectivity index (χ4v) is 2.37. The highest BCUT2D eigenvalue weighted by molar-refractivity contribution is 6.02. The van der Waals surface area contributed by atoms with Crippen LogP contribution in [0.2, 0.25) is 0 Å². The van der Waals surface area contributed by atoms with Crippen molar-refractivity contribution in [2.45, 2.75) is 0 Å². The predicted octanol–water partition coefficient (Wildman–Crippen LogP) is 0.980. The maximum atomic E-state index is 12.0. The third-order valence-corrected chi connectivity index (χ3v) is 3.59. The van der Waals surface area contributed by atoms with E-state index in [4.69, 9.17) is 0 Å². The Morgan fingerprint density at radius 3 is 2.74 bits per heavy atom. The quantitative estimate of drug-likeness (QED) is 0.572. The van der Waals surface area contributed by atoms with E-state index in [0.717, 1.165) is 31.9 Å². The van der Waals surface area contributed by atoms with E-state index < -0.39 is 10.8 Å². The van der Waals surface area contributed by atoms with Crippen LogP contribution in [0.4, 0.5) is 17.2 Å². The van der Waals surface area contributed by atoms with E-state index in [1.807, 2.05) is 6.07 Å². The second kappa shape index (κ2) is 6.44. The largest absolute Gasteiger partial charge is 0.368 e. The normalized spacial score (nSPS) is 14.5. The van der Waals surface area contributed by atoms with Crippen LogP contribution in [0, 0.1) is 10.1 Å². The van der Waals surface area contributed by atoms with Crippen molar-refractivity contribution in [3.05, 3.63) is 46.4 Å². The molecule has 9 nitrogen and oxygen atoms in total. The molecule has 9 heteroatoms. The number of carbonyl (C=O) groups excluding carboxylic acids is 1. The predicted molar refractivity (Wildman–Crippen MR) is 84.7 cm³/mol. The van der Waals surface area contributed by atoms with Gasteiger partial charge >= 0.3 is 0 Å². The summed E-state index contributed by atoms with van der Waals surface area (Å²) in [5.74, 6) is -0.0772. The Labute approximate surface area is 131 Å². The minimum Gasteiger partial charge on any atom is -0.368 e. The number of nitrogens with one attached hydrogen (secondary N) is 3. The van der Waals surface area contributed by atoms with Gasteiger partial charge in [-0.05, 0) is 12.1 Å². The number of rotatable bonds is 4. The van der Waals surface area contributed by atoms with E-state index >= 15 is 0 Å². The topological polar surface area (TPSA) is 116 Å². The molecular formula is C14H16N6O3. The lowest BCUT2D eigenvalue weighted by Gasteiger charge is -2.29. The molecule has 23 heavy (non-hydrogen) atoms. The number of amides is 1. The summed E-state index contributed by atoms with van der Waals surface area (Å²) in [6.07, 6.45) is 2.88. The second-order valence-corrected chi connectivity index (χ2v) is 5.12. The first-order chi connectivity index (χ1) is 11.1. The van der Waals surface area contributed by atoms with Crippen molar-refractivity contribution in [1.29, 1.82) is 0 Å². The van der Waals surface area contributed by atoms with Crippen LogP contribution in [0.1, 0.15) is 10.5 Å². The maximum absolute atomic E-state index is 12.0. The van der Waals surface area contributed by atoms with E-state index in [0.29, 0.717) is 5.82 Å². The van der Waals surface area contributed by atoms with Crippen LogP contribution in [-0.4, -0.2) is 47.0 Å². The molecule has 0 atom stereocenters. The average molecular weight is 316 g/mol. The molecule has 0 unspecified atom stereocenters.